The maximum atomic E-state index is 12.2. The Morgan fingerprint density at radius 2 is 1.75 bits per heavy atom. The number of rotatable bonds is 3. The first-order valence-corrected chi connectivity index (χ1v) is 6.11. The van der Waals surface area contributed by atoms with Crippen LogP contribution in [-0.2, 0) is 0 Å². The van der Waals surface area contributed by atoms with E-state index in [1.165, 1.54) is 0 Å². The molecule has 2 amide bonds. The summed E-state index contributed by atoms with van der Waals surface area (Å²) in [6, 6.07) is 7.62. The molecule has 2 rings (SSSR count). The van der Waals surface area contributed by atoms with Crippen LogP contribution in [-0.4, -0.2) is 17.2 Å². The van der Waals surface area contributed by atoms with Gasteiger partial charge >= 0.3 is 6.03 Å². The molecule has 0 unspecified atom stereocenters. The van der Waals surface area contributed by atoms with Crippen LogP contribution in [0.2, 0.25) is 0 Å². The van der Waals surface area contributed by atoms with Crippen LogP contribution in [0.3, 0.4) is 0 Å². The van der Waals surface area contributed by atoms with E-state index in [9.17, 15) is 19.5 Å². The molecule has 104 valence electrons. The van der Waals surface area contributed by atoms with Crippen molar-refractivity contribution in [3.63, 3.8) is 0 Å². The van der Waals surface area contributed by atoms with Gasteiger partial charge in [-0.25, -0.2) is 4.79 Å². The highest BCUT2D eigenvalue weighted by Crippen LogP contribution is 2.29. The topological polar surface area (TPSA) is 86.7 Å². The number of carbonyl (C=O) groups is 1. The summed E-state index contributed by atoms with van der Waals surface area (Å²) in [5.41, 5.74) is -1.74. The summed E-state index contributed by atoms with van der Waals surface area (Å²) in [6.45, 7) is 3.53. The fourth-order valence-corrected chi connectivity index (χ4v) is 1.81. The molecule has 2 N–H and O–H groups in total. The van der Waals surface area contributed by atoms with Crippen molar-refractivity contribution >= 4 is 17.4 Å². The van der Waals surface area contributed by atoms with Crippen LogP contribution in [0.4, 0.5) is 16.2 Å². The van der Waals surface area contributed by atoms with Crippen molar-refractivity contribution < 1.29 is 9.90 Å². The molecule has 6 heteroatoms. The number of para-hydroxylation sites is 1. The van der Waals surface area contributed by atoms with Crippen LogP contribution >= 0.6 is 0 Å². The summed E-state index contributed by atoms with van der Waals surface area (Å²) in [4.78, 5) is 35.9. The van der Waals surface area contributed by atoms with Gasteiger partial charge in [-0.05, 0) is 26.0 Å². The van der Waals surface area contributed by atoms with Gasteiger partial charge in [0.15, 0.2) is 5.75 Å². The maximum Gasteiger partial charge on any atom is 0.326 e. The molecule has 0 atom stereocenters. The third-order valence-electron chi connectivity index (χ3n) is 2.71. The van der Waals surface area contributed by atoms with E-state index < -0.39 is 22.6 Å². The van der Waals surface area contributed by atoms with Gasteiger partial charge in [0, 0.05) is 6.04 Å². The Hall–Kier alpha value is -2.63. The maximum absolute atomic E-state index is 12.2. The van der Waals surface area contributed by atoms with Crippen LogP contribution < -0.4 is 21.1 Å². The monoisotopic (exact) mass is 274 g/mol. The molecule has 0 bridgehead atoms. The Balaban J connectivity index is 2.49. The zero-order valence-electron chi connectivity index (χ0n) is 11.1. The SMILES string of the molecule is CC(C)NC(=O)N(c1ccccc1)c1c(O)c(=O)c1=O. The van der Waals surface area contributed by atoms with Crippen LogP contribution in [0.15, 0.2) is 39.9 Å². The van der Waals surface area contributed by atoms with Crippen molar-refractivity contribution in [1.82, 2.24) is 5.32 Å². The molecular formula is C14H14N2O4. The third-order valence-corrected chi connectivity index (χ3v) is 2.71. The number of urea groups is 1. The Bertz CT molecular complexity index is 700. The number of hydrogen-bond donors (Lipinski definition) is 2. The summed E-state index contributed by atoms with van der Waals surface area (Å²) < 4.78 is 0. The van der Waals surface area contributed by atoms with Crippen molar-refractivity contribution in [1.29, 1.82) is 0 Å². The van der Waals surface area contributed by atoms with Crippen LogP contribution in [0.25, 0.3) is 0 Å². The number of nitrogens with zero attached hydrogens (tertiary/aromatic N) is 1. The number of nitrogens with one attached hydrogen (secondary N) is 1. The fourth-order valence-electron chi connectivity index (χ4n) is 1.81. The molecule has 20 heavy (non-hydrogen) atoms. The van der Waals surface area contributed by atoms with E-state index >= 15 is 0 Å². The second-order valence-electron chi connectivity index (χ2n) is 4.63. The van der Waals surface area contributed by atoms with Gasteiger partial charge in [-0.1, -0.05) is 18.2 Å². The first-order chi connectivity index (χ1) is 9.43. The zero-order chi connectivity index (χ0) is 14.9. The van der Waals surface area contributed by atoms with Gasteiger partial charge in [-0.3, -0.25) is 14.5 Å². The lowest BCUT2D eigenvalue weighted by Gasteiger charge is -2.25. The van der Waals surface area contributed by atoms with Crippen molar-refractivity contribution in [2.45, 2.75) is 19.9 Å². The lowest BCUT2D eigenvalue weighted by Crippen LogP contribution is -2.46. The number of amides is 2. The zero-order valence-corrected chi connectivity index (χ0v) is 11.1. The minimum atomic E-state index is -0.974. The molecule has 0 aromatic heterocycles. The van der Waals surface area contributed by atoms with E-state index in [1.54, 1.807) is 44.2 Å². The number of anilines is 2. The summed E-state index contributed by atoms with van der Waals surface area (Å²) in [6.07, 6.45) is 0. The molecule has 0 aliphatic carbocycles. The predicted octanol–water partition coefficient (Wildman–Crippen LogP) is 1.24. The third kappa shape index (κ3) is 2.27. The van der Waals surface area contributed by atoms with Gasteiger partial charge in [-0.2, -0.15) is 0 Å². The van der Waals surface area contributed by atoms with Crippen molar-refractivity contribution in [3.05, 3.63) is 50.8 Å². The lowest BCUT2D eigenvalue weighted by molar-refractivity contribution is 0.246. The molecule has 0 fully saturated rings. The van der Waals surface area contributed by atoms with E-state index in [0.29, 0.717) is 5.69 Å². The average molecular weight is 274 g/mol. The Morgan fingerprint density at radius 3 is 2.25 bits per heavy atom. The van der Waals surface area contributed by atoms with E-state index in [0.717, 1.165) is 4.90 Å². The van der Waals surface area contributed by atoms with Gasteiger partial charge in [0.1, 0.15) is 5.69 Å². The van der Waals surface area contributed by atoms with Gasteiger partial charge < -0.3 is 10.4 Å². The Kier molecular flexibility index (Phi) is 3.56. The van der Waals surface area contributed by atoms with E-state index in [-0.39, 0.29) is 11.7 Å². The summed E-state index contributed by atoms with van der Waals surface area (Å²) in [5, 5.41) is 12.2. The first kappa shape index (κ1) is 13.8. The fraction of sp³-hybridized carbons (Fsp3) is 0.214. The summed E-state index contributed by atoms with van der Waals surface area (Å²) in [7, 11) is 0. The van der Waals surface area contributed by atoms with Gasteiger partial charge in [-0.15, -0.1) is 0 Å². The highest BCUT2D eigenvalue weighted by molar-refractivity contribution is 6.01. The quantitative estimate of drug-likeness (QED) is 0.824. The molecule has 0 radical (unpaired) electrons. The van der Waals surface area contributed by atoms with Gasteiger partial charge in [0.25, 0.3) is 10.9 Å². The summed E-state index contributed by atoms with van der Waals surface area (Å²) in [5.74, 6) is -0.683. The van der Waals surface area contributed by atoms with E-state index in [2.05, 4.69) is 5.32 Å². The Labute approximate surface area is 115 Å². The number of hydrogen-bond acceptors (Lipinski definition) is 4. The highest BCUT2D eigenvalue weighted by Gasteiger charge is 2.31. The molecule has 0 spiro atoms. The first-order valence-electron chi connectivity index (χ1n) is 6.11. The van der Waals surface area contributed by atoms with Crippen molar-refractivity contribution in [2.75, 3.05) is 4.90 Å². The molecule has 0 heterocycles. The standard InChI is InChI=1S/C14H14N2O4/c1-8(2)15-14(20)16(9-6-4-3-5-7-9)10-11(17)13(19)12(10)18/h3-8,17H,1-2H3,(H,15,20). The summed E-state index contributed by atoms with van der Waals surface area (Å²) >= 11 is 0. The van der Waals surface area contributed by atoms with E-state index in [1.807, 2.05) is 0 Å². The van der Waals surface area contributed by atoms with Crippen LogP contribution in [0.1, 0.15) is 13.8 Å². The van der Waals surface area contributed by atoms with Gasteiger partial charge in [0.05, 0.1) is 5.69 Å². The number of aromatic hydroxyl groups is 1. The molecule has 0 saturated heterocycles. The molecule has 0 aliphatic rings. The van der Waals surface area contributed by atoms with Crippen LogP contribution in [0.5, 0.6) is 5.75 Å². The molecule has 6 nitrogen and oxygen atoms in total. The molecule has 2 aromatic rings. The smallest absolute Gasteiger partial charge is 0.326 e. The number of carbonyl (C=O) groups excluding carboxylic acids is 1. The van der Waals surface area contributed by atoms with E-state index in [4.69, 9.17) is 0 Å². The largest absolute Gasteiger partial charge is 0.502 e. The average Bonchev–Trinajstić information content (AvgIpc) is 2.43. The minimum Gasteiger partial charge on any atom is -0.502 e. The second-order valence-corrected chi connectivity index (χ2v) is 4.63. The Morgan fingerprint density at radius 1 is 1.15 bits per heavy atom. The van der Waals surface area contributed by atoms with Crippen LogP contribution in [0, 0.1) is 0 Å². The predicted molar refractivity (Wildman–Crippen MR) is 75.3 cm³/mol. The minimum absolute atomic E-state index is 0.151. The van der Waals surface area contributed by atoms with Crippen molar-refractivity contribution in [3.8, 4) is 5.75 Å². The molecule has 0 aliphatic heterocycles. The van der Waals surface area contributed by atoms with Crippen molar-refractivity contribution in [2.24, 2.45) is 0 Å². The van der Waals surface area contributed by atoms with Gasteiger partial charge in [0.2, 0.25) is 0 Å². The number of benzene rings is 1. The lowest BCUT2D eigenvalue weighted by atomic mass is 10.1. The molecule has 0 saturated carbocycles. The molecular weight excluding hydrogens is 260 g/mol. The normalized spacial score (nSPS) is 10.8. The molecule has 2 aromatic carbocycles. The highest BCUT2D eigenvalue weighted by atomic mass is 16.3. The second kappa shape index (κ2) is 5.16.